The number of aromatic nitrogens is 2. The van der Waals surface area contributed by atoms with Crippen molar-refractivity contribution >= 4 is 40.7 Å². The molecule has 6 nitrogen and oxygen atoms in total. The number of nitrogens with one attached hydrogen (secondary N) is 1. The van der Waals surface area contributed by atoms with E-state index in [4.69, 9.17) is 39.3 Å². The van der Waals surface area contributed by atoms with Gasteiger partial charge in [-0.2, -0.15) is 4.98 Å². The van der Waals surface area contributed by atoms with Gasteiger partial charge in [-0.15, -0.1) is 0 Å². The number of halogens is 3. The fourth-order valence-corrected chi connectivity index (χ4v) is 4.23. The van der Waals surface area contributed by atoms with Crippen LogP contribution in [0.3, 0.4) is 0 Å². The number of carbonyl (C=O) groups is 1. The van der Waals surface area contributed by atoms with Crippen LogP contribution in [0, 0.1) is 5.92 Å². The first-order valence-electron chi connectivity index (χ1n) is 10.0. The molecule has 162 valence electrons. The average molecular weight is 480 g/mol. The van der Waals surface area contributed by atoms with Gasteiger partial charge < -0.3 is 9.84 Å². The normalized spacial score (nSPS) is 16.9. The Kier molecular flexibility index (Phi) is 7.13. The second-order valence-corrected chi connectivity index (χ2v) is 8.83. The number of carbonyl (C=O) groups excluding carboxylic acids is 1. The Balaban J connectivity index is 1.32. The fraction of sp³-hybridized carbons (Fsp3) is 0.318. The molecule has 0 bridgehead atoms. The molecule has 1 aliphatic rings. The van der Waals surface area contributed by atoms with Crippen molar-refractivity contribution in [1.82, 2.24) is 20.4 Å². The van der Waals surface area contributed by atoms with Crippen molar-refractivity contribution in [2.45, 2.75) is 25.9 Å². The fourth-order valence-electron chi connectivity index (χ4n) is 3.63. The van der Waals surface area contributed by atoms with Crippen molar-refractivity contribution in [2.75, 3.05) is 13.1 Å². The lowest BCUT2D eigenvalue weighted by Crippen LogP contribution is -2.42. The molecule has 3 aromatic rings. The van der Waals surface area contributed by atoms with Crippen molar-refractivity contribution in [3.63, 3.8) is 0 Å². The minimum absolute atomic E-state index is 0.0168. The molecule has 0 radical (unpaired) electrons. The summed E-state index contributed by atoms with van der Waals surface area (Å²) in [6.07, 6.45) is 1.77. The van der Waals surface area contributed by atoms with Crippen LogP contribution in [-0.4, -0.2) is 34.0 Å². The van der Waals surface area contributed by atoms with E-state index in [1.165, 1.54) is 0 Å². The van der Waals surface area contributed by atoms with Crippen LogP contribution in [0.15, 0.2) is 47.0 Å². The first-order valence-corrected chi connectivity index (χ1v) is 11.1. The predicted molar refractivity (Wildman–Crippen MR) is 121 cm³/mol. The van der Waals surface area contributed by atoms with E-state index in [9.17, 15) is 4.79 Å². The van der Waals surface area contributed by atoms with Crippen LogP contribution in [0.1, 0.15) is 24.3 Å². The van der Waals surface area contributed by atoms with Crippen LogP contribution in [0.5, 0.6) is 0 Å². The largest absolute Gasteiger partial charge is 0.352 e. The van der Waals surface area contributed by atoms with E-state index in [0.29, 0.717) is 46.4 Å². The monoisotopic (exact) mass is 478 g/mol. The van der Waals surface area contributed by atoms with Gasteiger partial charge in [-0.1, -0.05) is 46.0 Å². The summed E-state index contributed by atoms with van der Waals surface area (Å²) in [5, 5.41) is 8.82. The van der Waals surface area contributed by atoms with Gasteiger partial charge in [0.25, 0.3) is 0 Å². The van der Waals surface area contributed by atoms with E-state index < -0.39 is 0 Å². The molecule has 4 rings (SSSR count). The Morgan fingerprint density at radius 3 is 2.68 bits per heavy atom. The molecule has 2 aromatic carbocycles. The number of piperidine rings is 1. The van der Waals surface area contributed by atoms with Gasteiger partial charge in [0, 0.05) is 33.7 Å². The molecule has 1 saturated heterocycles. The minimum atomic E-state index is -0.0986. The van der Waals surface area contributed by atoms with E-state index in [1.807, 2.05) is 18.2 Å². The highest BCUT2D eigenvalue weighted by molar-refractivity contribution is 6.35. The highest BCUT2D eigenvalue weighted by atomic mass is 35.5. The van der Waals surface area contributed by atoms with E-state index in [1.54, 1.807) is 24.3 Å². The summed E-state index contributed by atoms with van der Waals surface area (Å²) >= 11 is 18.0. The van der Waals surface area contributed by atoms with Crippen molar-refractivity contribution in [2.24, 2.45) is 5.92 Å². The standard InChI is InChI=1S/C22H21Cl3N4O2/c23-17-6-3-14(4-7-17)21-27-20(31-28-21)13-29-9-1-2-16(12-29)22(30)26-11-15-5-8-18(24)10-19(15)25/h3-8,10,16H,1-2,9,11-13H2,(H,26,30). The van der Waals surface area contributed by atoms with Gasteiger partial charge in [0.15, 0.2) is 0 Å². The molecule has 0 spiro atoms. The topological polar surface area (TPSA) is 71.3 Å². The van der Waals surface area contributed by atoms with Gasteiger partial charge in [-0.25, -0.2) is 0 Å². The summed E-state index contributed by atoms with van der Waals surface area (Å²) in [5.74, 6) is 0.971. The lowest BCUT2D eigenvalue weighted by Gasteiger charge is -2.30. The average Bonchev–Trinajstić information content (AvgIpc) is 3.22. The maximum absolute atomic E-state index is 12.7. The van der Waals surface area contributed by atoms with Crippen molar-refractivity contribution in [3.05, 3.63) is 69.0 Å². The number of rotatable bonds is 6. The van der Waals surface area contributed by atoms with Crippen LogP contribution in [-0.2, 0) is 17.9 Å². The van der Waals surface area contributed by atoms with Gasteiger partial charge in [-0.3, -0.25) is 9.69 Å². The number of likely N-dealkylation sites (tertiary alicyclic amines) is 1. The predicted octanol–water partition coefficient (Wildman–Crippen LogP) is 5.23. The van der Waals surface area contributed by atoms with Crippen molar-refractivity contribution in [1.29, 1.82) is 0 Å². The molecule has 1 unspecified atom stereocenters. The summed E-state index contributed by atoms with van der Waals surface area (Å²) in [5.41, 5.74) is 1.68. The third kappa shape index (κ3) is 5.77. The lowest BCUT2D eigenvalue weighted by atomic mass is 9.97. The maximum atomic E-state index is 12.7. The molecule has 1 amide bonds. The SMILES string of the molecule is O=C(NCc1ccc(Cl)cc1Cl)C1CCCN(Cc2nc(-c3ccc(Cl)cc3)no2)C1. The van der Waals surface area contributed by atoms with E-state index in [0.717, 1.165) is 30.5 Å². The number of nitrogens with zero attached hydrogens (tertiary/aromatic N) is 3. The second-order valence-electron chi connectivity index (χ2n) is 7.55. The smallest absolute Gasteiger partial charge is 0.241 e. The summed E-state index contributed by atoms with van der Waals surface area (Å²) in [7, 11) is 0. The molecule has 9 heteroatoms. The molecule has 1 N–H and O–H groups in total. The number of amides is 1. The zero-order valence-electron chi connectivity index (χ0n) is 16.7. The van der Waals surface area contributed by atoms with Crippen LogP contribution < -0.4 is 5.32 Å². The molecule has 31 heavy (non-hydrogen) atoms. The Morgan fingerprint density at radius 1 is 1.13 bits per heavy atom. The molecule has 1 fully saturated rings. The van der Waals surface area contributed by atoms with Crippen LogP contribution in [0.2, 0.25) is 15.1 Å². The third-order valence-corrected chi connectivity index (χ3v) is 6.11. The molecule has 1 aliphatic heterocycles. The van der Waals surface area contributed by atoms with Crippen LogP contribution in [0.25, 0.3) is 11.4 Å². The van der Waals surface area contributed by atoms with Gasteiger partial charge in [0.1, 0.15) is 0 Å². The first kappa shape index (κ1) is 22.1. The van der Waals surface area contributed by atoms with Gasteiger partial charge in [0.05, 0.1) is 12.5 Å². The summed E-state index contributed by atoms with van der Waals surface area (Å²) in [4.78, 5) is 19.3. The molecular formula is C22H21Cl3N4O2. The Morgan fingerprint density at radius 2 is 1.90 bits per heavy atom. The molecule has 1 aromatic heterocycles. The second kappa shape index (κ2) is 10.0. The van der Waals surface area contributed by atoms with Gasteiger partial charge in [0.2, 0.25) is 17.6 Å². The quantitative estimate of drug-likeness (QED) is 0.524. The lowest BCUT2D eigenvalue weighted by molar-refractivity contribution is -0.127. The first-order chi connectivity index (χ1) is 15.0. The number of benzene rings is 2. The van der Waals surface area contributed by atoms with Crippen molar-refractivity contribution in [3.8, 4) is 11.4 Å². The Bertz CT molecular complexity index is 1060. The number of hydrogen-bond acceptors (Lipinski definition) is 5. The zero-order chi connectivity index (χ0) is 21.8. The third-order valence-electron chi connectivity index (χ3n) is 5.27. The zero-order valence-corrected chi connectivity index (χ0v) is 18.9. The highest BCUT2D eigenvalue weighted by Gasteiger charge is 2.27. The summed E-state index contributed by atoms with van der Waals surface area (Å²) in [6, 6.07) is 12.5. The molecular weight excluding hydrogens is 459 g/mol. The minimum Gasteiger partial charge on any atom is -0.352 e. The molecule has 0 aliphatic carbocycles. The maximum Gasteiger partial charge on any atom is 0.241 e. The summed E-state index contributed by atoms with van der Waals surface area (Å²) < 4.78 is 5.41. The van der Waals surface area contributed by atoms with E-state index in [2.05, 4.69) is 20.4 Å². The Hall–Kier alpha value is -2.12. The van der Waals surface area contributed by atoms with E-state index >= 15 is 0 Å². The van der Waals surface area contributed by atoms with E-state index in [-0.39, 0.29) is 11.8 Å². The Labute approximate surface area is 195 Å². The van der Waals surface area contributed by atoms with Gasteiger partial charge in [-0.05, 0) is 61.3 Å². The molecule has 0 saturated carbocycles. The highest BCUT2D eigenvalue weighted by Crippen LogP contribution is 2.23. The summed E-state index contributed by atoms with van der Waals surface area (Å²) in [6.45, 7) is 2.40. The number of hydrogen-bond donors (Lipinski definition) is 1. The van der Waals surface area contributed by atoms with Crippen LogP contribution in [0.4, 0.5) is 0 Å². The van der Waals surface area contributed by atoms with Crippen molar-refractivity contribution < 1.29 is 9.32 Å². The molecule has 1 atom stereocenters. The van der Waals surface area contributed by atoms with Crippen LogP contribution >= 0.6 is 34.8 Å². The van der Waals surface area contributed by atoms with Gasteiger partial charge >= 0.3 is 0 Å². The molecule has 2 heterocycles.